The molecule has 8 heterocycles. The molecule has 4 aromatic rings. The maximum atomic E-state index is 12.2. The van der Waals surface area contributed by atoms with Gasteiger partial charge in [-0.25, -0.2) is 19.2 Å². The Morgan fingerprint density at radius 1 is 0.375 bits per heavy atom. The predicted molar refractivity (Wildman–Crippen MR) is 418 cm³/mol. The monoisotopic (exact) mass is 1550 g/mol. The third kappa shape index (κ3) is 26.8. The highest BCUT2D eigenvalue weighted by Gasteiger charge is 2.48. The number of ether oxygens (including phenoxy) is 4. The molecule has 4 fully saturated rings. The molecule has 4 aliphatic rings. The van der Waals surface area contributed by atoms with E-state index in [0.29, 0.717) is 49.9 Å². The maximum Gasteiger partial charge on any atom is 0.330 e. The Morgan fingerprint density at radius 2 is 0.644 bits per heavy atom. The number of aromatic amines is 4. The topological polar surface area (TPSA) is 466 Å². The molecule has 0 bridgehead atoms. The van der Waals surface area contributed by atoms with E-state index in [1.165, 1.54) is 33.9 Å². The molecule has 104 heavy (non-hydrogen) atoms. The van der Waals surface area contributed by atoms with Gasteiger partial charge in [0.05, 0.1) is 48.9 Å². The Morgan fingerprint density at radius 3 is 0.933 bits per heavy atom. The van der Waals surface area contributed by atoms with Gasteiger partial charge in [0.25, 0.3) is 22.2 Å². The van der Waals surface area contributed by atoms with Gasteiger partial charge in [0.2, 0.25) is 0 Å². The minimum atomic E-state index is -1.29. The van der Waals surface area contributed by atoms with Crippen LogP contribution < -0.4 is 66.3 Å². The van der Waals surface area contributed by atoms with E-state index in [-0.39, 0.29) is 24.5 Å². The van der Waals surface area contributed by atoms with Crippen molar-refractivity contribution in [2.45, 2.75) is 203 Å². The van der Waals surface area contributed by atoms with Crippen LogP contribution in [0.25, 0.3) is 0 Å². The number of nitrogens with one attached hydrogen (secondary N) is 8. The first kappa shape index (κ1) is 89.9. The minimum Gasteiger partial charge on any atom is -0.388 e. The van der Waals surface area contributed by atoms with E-state index in [2.05, 4.69) is 120 Å². The summed E-state index contributed by atoms with van der Waals surface area (Å²) in [5, 5.41) is 95.0. The van der Waals surface area contributed by atoms with Crippen molar-refractivity contribution in [3.05, 3.63) is 130 Å². The molecule has 8 rings (SSSR count). The van der Waals surface area contributed by atoms with Gasteiger partial charge in [0, 0.05) is 49.0 Å². The molecule has 592 valence electrons. The van der Waals surface area contributed by atoms with Crippen molar-refractivity contribution in [3.8, 4) is 0 Å². The lowest BCUT2D eigenvalue weighted by Crippen LogP contribution is -2.39. The van der Waals surface area contributed by atoms with E-state index in [0.717, 1.165) is 85.6 Å². The fourth-order valence-corrected chi connectivity index (χ4v) is 15.5. The molecule has 36 heteroatoms. The van der Waals surface area contributed by atoms with Gasteiger partial charge in [-0.1, -0.05) is 27.7 Å². The molecule has 4 saturated heterocycles. The molecule has 4 aromatic heterocycles. The first-order chi connectivity index (χ1) is 48.5. The highest BCUT2D eigenvalue weighted by atomic mass is 31.2. The summed E-state index contributed by atoms with van der Waals surface area (Å²) in [5.41, 5.74) is -3.54. The number of aliphatic hydroxyl groups excluding tert-OH is 8. The molecule has 16 atom stereocenters. The molecule has 0 amide bonds. The van der Waals surface area contributed by atoms with E-state index in [1.807, 2.05) is 27.7 Å². The lowest BCUT2D eigenvalue weighted by atomic mass is 10.0. The molecular weight excluding hydrogens is 1430 g/mol. The molecule has 0 aliphatic carbocycles. The molecular formula is C68H120N12O20P4. The Hall–Kier alpha value is -4.72. The molecule has 0 saturated carbocycles. The highest BCUT2D eigenvalue weighted by molar-refractivity contribution is 7.73. The second-order valence-electron chi connectivity index (χ2n) is 30.0. The summed E-state index contributed by atoms with van der Waals surface area (Å²) in [6.45, 7) is 23.6. The second-order valence-corrected chi connectivity index (χ2v) is 47.3. The highest BCUT2D eigenvalue weighted by Crippen LogP contribution is 2.43. The van der Waals surface area contributed by atoms with E-state index < -0.39 is 170 Å². The number of hydrogen-bond acceptors (Lipinski definition) is 24. The summed E-state index contributed by atoms with van der Waals surface area (Å²) in [6, 6.07) is 0. The smallest absolute Gasteiger partial charge is 0.330 e. The summed E-state index contributed by atoms with van der Waals surface area (Å²) in [4.78, 5) is 106. The van der Waals surface area contributed by atoms with E-state index in [9.17, 15) is 79.2 Å². The van der Waals surface area contributed by atoms with Crippen molar-refractivity contribution in [2.24, 2.45) is 0 Å². The lowest BCUT2D eigenvalue weighted by molar-refractivity contribution is -0.0404. The summed E-state index contributed by atoms with van der Waals surface area (Å²) in [6.07, 6.45) is 15.7. The van der Waals surface area contributed by atoms with Crippen LogP contribution in [0.2, 0.25) is 0 Å². The van der Waals surface area contributed by atoms with Crippen LogP contribution in [-0.4, -0.2) is 282 Å². The summed E-state index contributed by atoms with van der Waals surface area (Å²) in [7, 11) is 0. The van der Waals surface area contributed by atoms with E-state index >= 15 is 0 Å². The predicted octanol–water partition coefficient (Wildman–Crippen LogP) is -0.981. The average Bonchev–Trinajstić information content (AvgIpc) is 1.61. The molecule has 16 N–H and O–H groups in total. The van der Waals surface area contributed by atoms with E-state index in [1.54, 1.807) is 0 Å². The Labute approximate surface area is 607 Å². The number of nitrogens with zero attached hydrogens (tertiary/aromatic N) is 4. The molecule has 4 aliphatic heterocycles. The van der Waals surface area contributed by atoms with Crippen molar-refractivity contribution in [1.82, 2.24) is 59.5 Å². The molecule has 0 aromatic carbocycles. The quantitative estimate of drug-likeness (QED) is 0.0206. The zero-order valence-electron chi connectivity index (χ0n) is 62.6. The van der Waals surface area contributed by atoms with Crippen LogP contribution in [-0.2, 0) is 45.4 Å². The van der Waals surface area contributed by atoms with Crippen molar-refractivity contribution < 1.29 is 59.8 Å². The van der Waals surface area contributed by atoms with Crippen LogP contribution in [0.1, 0.15) is 126 Å². The summed E-state index contributed by atoms with van der Waals surface area (Å²) >= 11 is 0. The lowest BCUT2D eigenvalue weighted by Gasteiger charge is -2.19. The van der Waals surface area contributed by atoms with Crippen LogP contribution in [0.3, 0.4) is 0 Å². The van der Waals surface area contributed by atoms with Gasteiger partial charge >= 0.3 is 22.8 Å². The zero-order chi connectivity index (χ0) is 77.9. The Kier molecular flexibility index (Phi) is 35.1. The third-order valence-corrected chi connectivity index (χ3v) is 23.6. The van der Waals surface area contributed by atoms with Gasteiger partial charge in [-0.2, -0.15) is 0 Å². The molecule has 0 spiro atoms. The fraction of sp³-hybridized carbons (Fsp3) is 0.706. The Balaban J connectivity index is 0.000000249. The van der Waals surface area contributed by atoms with E-state index in [4.69, 9.17) is 18.9 Å². The van der Waals surface area contributed by atoms with Crippen LogP contribution in [0.5, 0.6) is 0 Å². The second kappa shape index (κ2) is 40.6. The van der Waals surface area contributed by atoms with Crippen LogP contribution in [0.4, 0.5) is 0 Å². The summed E-state index contributed by atoms with van der Waals surface area (Å²) in [5.74, 6) is 0. The zero-order valence-corrected chi connectivity index (χ0v) is 66.1. The van der Waals surface area contributed by atoms with Crippen LogP contribution in [0, 0.1) is 0 Å². The SMILES string of the molecule is C=P(C)(C)CC[C@H]1O[C@@H](c2cn(CNCCC)c(=O)[nH]c2=O)[C@H](O)[C@@H]1O.C=P(C)(C)CC[C@H]1O[C@@H](c2cn(CNCCC)c(=O)[nH]c2=O)[C@H](O)[C@@H]1O.C=P(C)(C)CC[C@H]1O[C@@H](n2cc(CNCCC)c(=O)[nH]c2=O)[C@H](O)[C@@H]1O.C=P(C)(C)CC[C@H]1O[C@@H](n2cc(CNCCC)c(=O)[nH]c2=O)[C@H](O)[C@@H]1O. The molecule has 32 nitrogen and oxygen atoms in total. The average molecular weight is 1550 g/mol. The van der Waals surface area contributed by atoms with Gasteiger partial charge in [-0.05, 0) is 156 Å². The molecule has 0 unspecified atom stereocenters. The van der Waals surface area contributed by atoms with Gasteiger partial charge in [-0.15, -0.1) is 52.7 Å². The number of hydrogen-bond donors (Lipinski definition) is 16. The number of aromatic nitrogens is 8. The third-order valence-electron chi connectivity index (χ3n) is 17.7. The fourth-order valence-electron chi connectivity index (χ4n) is 11.7. The summed E-state index contributed by atoms with van der Waals surface area (Å²) < 4.78 is 28.1. The maximum absolute atomic E-state index is 12.2. The van der Waals surface area contributed by atoms with Crippen LogP contribution in [0.15, 0.2) is 63.1 Å². The van der Waals surface area contributed by atoms with Crippen molar-refractivity contribution in [3.63, 3.8) is 0 Å². The van der Waals surface area contributed by atoms with Crippen molar-refractivity contribution in [1.29, 1.82) is 0 Å². The minimum absolute atomic E-state index is 0.139. The first-order valence-corrected chi connectivity index (χ1v) is 47.7. The number of H-pyrrole nitrogens is 4. The normalized spacial score (nSPS) is 26.3. The largest absolute Gasteiger partial charge is 0.388 e. The van der Waals surface area contributed by atoms with Gasteiger partial charge < -0.3 is 70.4 Å². The molecule has 0 radical (unpaired) electrons. The van der Waals surface area contributed by atoms with Gasteiger partial charge in [-0.3, -0.25) is 68.0 Å². The van der Waals surface area contributed by atoms with Gasteiger partial charge in [0.1, 0.15) is 61.0 Å². The van der Waals surface area contributed by atoms with Crippen LogP contribution >= 0.6 is 27.5 Å². The van der Waals surface area contributed by atoms with Gasteiger partial charge in [0.15, 0.2) is 12.5 Å². The first-order valence-electron chi connectivity index (χ1n) is 35.5. The Bertz CT molecular complexity index is 3590. The van der Waals surface area contributed by atoms with Crippen molar-refractivity contribution in [2.75, 3.05) is 104 Å². The standard InChI is InChI=1S/4C17H30N3O5P/c2*1-5-7-18-10-20-9-11(16(23)19-17(20)24)15-14(22)13(21)12(25-15)6-8-26(2,3)4;2*1-5-7-18-9-11-10-20(17(24)19-15(11)23)16-14(22)13(21)12(25-16)6-8-26(2,3)4/h2*9,12-15,18,21-22H,2,5-8,10H2,1,3-4H3,(H,19,23,24);2*10,12-14,16,18,21-22H,2,5-9H2,1,3-4H3,(H,19,23,24)/t2*12-,13-,14-,15+;2*12-,13-,14-,16-/m1111/s1. The number of rotatable bonds is 32. The van der Waals surface area contributed by atoms with Crippen molar-refractivity contribution >= 4 is 52.7 Å². The number of aliphatic hydroxyl groups is 8.